The van der Waals surface area contributed by atoms with Crippen LogP contribution in [0.15, 0.2) is 16.6 Å². The molecule has 27 heavy (non-hydrogen) atoms. The van der Waals surface area contributed by atoms with Gasteiger partial charge in [-0.3, -0.25) is 10.1 Å². The van der Waals surface area contributed by atoms with Crippen LogP contribution in [-0.4, -0.2) is 51.8 Å². The molecule has 0 atom stereocenters. The lowest BCUT2D eigenvalue weighted by Gasteiger charge is -2.33. The Labute approximate surface area is 164 Å². The Kier molecular flexibility index (Phi) is 6.30. The summed E-state index contributed by atoms with van der Waals surface area (Å²) >= 11 is 3.19. The van der Waals surface area contributed by atoms with Gasteiger partial charge in [0, 0.05) is 38.1 Å². The van der Waals surface area contributed by atoms with Crippen molar-refractivity contribution in [3.63, 3.8) is 0 Å². The van der Waals surface area contributed by atoms with Gasteiger partial charge < -0.3 is 19.5 Å². The van der Waals surface area contributed by atoms with E-state index < -0.39 is 27.7 Å². The molecule has 1 aromatic carbocycles. The van der Waals surface area contributed by atoms with Crippen LogP contribution in [0.3, 0.4) is 0 Å². The summed E-state index contributed by atoms with van der Waals surface area (Å²) in [7, 11) is 0. The lowest BCUT2D eigenvalue weighted by Crippen LogP contribution is -2.44. The van der Waals surface area contributed by atoms with Crippen LogP contribution in [0.2, 0.25) is 0 Å². The molecule has 0 saturated carbocycles. The van der Waals surface area contributed by atoms with E-state index in [1.807, 2.05) is 0 Å². The Morgan fingerprint density at radius 2 is 1.89 bits per heavy atom. The van der Waals surface area contributed by atoms with Gasteiger partial charge in [-0.2, -0.15) is 0 Å². The standard InChI is InChI=1S/C17H21BrN2O7/c1-17(2,3)27-16(23)19-6-4-10(5-7-19)26-14-8-11(15(21)22)13(20(24)25)9-12(14)18/h8-10H,4-7H2,1-3H3,(H,21,22). The average Bonchev–Trinajstić information content (AvgIpc) is 2.55. The van der Waals surface area contributed by atoms with Crippen LogP contribution in [-0.2, 0) is 4.74 Å². The number of nitrogens with zero attached hydrogens (tertiary/aromatic N) is 2. The smallest absolute Gasteiger partial charge is 0.410 e. The van der Waals surface area contributed by atoms with E-state index in [-0.39, 0.29) is 17.9 Å². The first kappa shape index (κ1) is 20.9. The molecule has 1 aliphatic heterocycles. The molecule has 0 radical (unpaired) electrons. The second kappa shape index (κ2) is 8.12. The number of hydrogen-bond acceptors (Lipinski definition) is 6. The lowest BCUT2D eigenvalue weighted by molar-refractivity contribution is -0.385. The summed E-state index contributed by atoms with van der Waals surface area (Å²) in [6.45, 7) is 6.28. The molecule has 1 saturated heterocycles. The number of halogens is 1. The predicted octanol–water partition coefficient (Wildman–Crippen LogP) is 3.83. The van der Waals surface area contributed by atoms with Crippen LogP contribution in [0.4, 0.5) is 10.5 Å². The second-order valence-electron chi connectivity index (χ2n) is 7.15. The molecule has 1 N–H and O–H groups in total. The number of aromatic carboxylic acids is 1. The number of carbonyl (C=O) groups excluding carboxylic acids is 1. The van der Waals surface area contributed by atoms with Gasteiger partial charge >= 0.3 is 12.1 Å². The van der Waals surface area contributed by atoms with Gasteiger partial charge in [-0.15, -0.1) is 0 Å². The molecule has 10 heteroatoms. The maximum atomic E-state index is 12.1. The highest BCUT2D eigenvalue weighted by Crippen LogP contribution is 2.34. The third kappa shape index (κ3) is 5.56. The van der Waals surface area contributed by atoms with Crippen LogP contribution >= 0.6 is 15.9 Å². The number of nitro benzene ring substituents is 1. The maximum absolute atomic E-state index is 12.1. The average molecular weight is 445 g/mol. The molecule has 0 aliphatic carbocycles. The fourth-order valence-electron chi connectivity index (χ4n) is 2.62. The molecule has 148 valence electrons. The zero-order valence-electron chi connectivity index (χ0n) is 15.2. The molecule has 1 amide bonds. The van der Waals surface area contributed by atoms with Gasteiger partial charge in [0.1, 0.15) is 23.0 Å². The number of amides is 1. The minimum atomic E-state index is -1.40. The van der Waals surface area contributed by atoms with Crippen LogP contribution in [0.1, 0.15) is 44.0 Å². The van der Waals surface area contributed by atoms with Crippen molar-refractivity contribution in [1.82, 2.24) is 4.90 Å². The SMILES string of the molecule is CC(C)(C)OC(=O)N1CCC(Oc2cc(C(=O)O)c([N+](=O)[O-])cc2Br)CC1. The maximum Gasteiger partial charge on any atom is 0.410 e. The normalized spacial score (nSPS) is 15.3. The number of carboxylic acid groups (broad SMARTS) is 1. The van der Waals surface area contributed by atoms with E-state index in [4.69, 9.17) is 9.47 Å². The van der Waals surface area contributed by atoms with Crippen molar-refractivity contribution >= 4 is 33.7 Å². The molecule has 0 aromatic heterocycles. The van der Waals surface area contributed by atoms with Crippen LogP contribution in [0.5, 0.6) is 5.75 Å². The summed E-state index contributed by atoms with van der Waals surface area (Å²) in [5.41, 5.74) is -1.52. The minimum Gasteiger partial charge on any atom is -0.489 e. The summed E-state index contributed by atoms with van der Waals surface area (Å²) in [4.78, 5) is 35.2. The van der Waals surface area contributed by atoms with Crippen molar-refractivity contribution in [1.29, 1.82) is 0 Å². The number of rotatable bonds is 4. The molecule has 0 bridgehead atoms. The number of benzene rings is 1. The zero-order chi connectivity index (χ0) is 20.4. The van der Waals surface area contributed by atoms with Gasteiger partial charge in [-0.05, 0) is 36.7 Å². The fraction of sp³-hybridized carbons (Fsp3) is 0.529. The van der Waals surface area contributed by atoms with Gasteiger partial charge in [0.05, 0.1) is 9.40 Å². The van der Waals surface area contributed by atoms with E-state index in [0.29, 0.717) is 30.4 Å². The summed E-state index contributed by atoms with van der Waals surface area (Å²) < 4.78 is 11.5. The number of ether oxygens (including phenoxy) is 2. The summed E-state index contributed by atoms with van der Waals surface area (Å²) in [6.07, 6.45) is 0.435. The molecule has 1 heterocycles. The Hall–Kier alpha value is -2.36. The first-order valence-electron chi connectivity index (χ1n) is 8.33. The number of carbonyl (C=O) groups is 2. The number of piperidine rings is 1. The highest BCUT2D eigenvalue weighted by molar-refractivity contribution is 9.10. The first-order chi connectivity index (χ1) is 12.5. The van der Waals surface area contributed by atoms with Crippen molar-refractivity contribution in [2.24, 2.45) is 0 Å². The van der Waals surface area contributed by atoms with Crippen LogP contribution < -0.4 is 4.74 Å². The predicted molar refractivity (Wildman–Crippen MR) is 99.2 cm³/mol. The third-order valence-corrected chi connectivity index (χ3v) is 4.48. The van der Waals surface area contributed by atoms with Crippen molar-refractivity contribution in [2.45, 2.75) is 45.3 Å². The van der Waals surface area contributed by atoms with Crippen molar-refractivity contribution in [2.75, 3.05) is 13.1 Å². The largest absolute Gasteiger partial charge is 0.489 e. The van der Waals surface area contributed by atoms with E-state index in [0.717, 1.165) is 12.1 Å². The second-order valence-corrected chi connectivity index (χ2v) is 8.00. The van der Waals surface area contributed by atoms with Gasteiger partial charge in [-0.1, -0.05) is 0 Å². The Morgan fingerprint density at radius 1 is 1.30 bits per heavy atom. The zero-order valence-corrected chi connectivity index (χ0v) is 16.8. The Bertz CT molecular complexity index is 752. The van der Waals surface area contributed by atoms with Gasteiger partial charge in [0.2, 0.25) is 0 Å². The molecule has 9 nitrogen and oxygen atoms in total. The molecule has 0 unspecified atom stereocenters. The quantitative estimate of drug-likeness (QED) is 0.553. The molecule has 2 rings (SSSR count). The van der Waals surface area contributed by atoms with Crippen molar-refractivity contribution in [3.05, 3.63) is 32.3 Å². The Balaban J connectivity index is 2.05. The van der Waals surface area contributed by atoms with Gasteiger partial charge in [-0.25, -0.2) is 9.59 Å². The first-order valence-corrected chi connectivity index (χ1v) is 9.13. The third-order valence-electron chi connectivity index (χ3n) is 3.86. The number of likely N-dealkylation sites (tertiary alicyclic amines) is 1. The van der Waals surface area contributed by atoms with Crippen LogP contribution in [0.25, 0.3) is 0 Å². The van der Waals surface area contributed by atoms with Crippen molar-refractivity contribution in [3.8, 4) is 5.75 Å². The topological polar surface area (TPSA) is 119 Å². The number of carboxylic acids is 1. The number of nitro groups is 1. The lowest BCUT2D eigenvalue weighted by atomic mass is 10.1. The summed E-state index contributed by atoms with van der Waals surface area (Å²) in [5, 5.41) is 20.2. The molecule has 1 fully saturated rings. The number of hydrogen-bond donors (Lipinski definition) is 1. The minimum absolute atomic E-state index is 0.216. The summed E-state index contributed by atoms with van der Waals surface area (Å²) in [6, 6.07) is 2.26. The van der Waals surface area contributed by atoms with Crippen LogP contribution in [0, 0.1) is 10.1 Å². The fourth-order valence-corrected chi connectivity index (χ4v) is 3.04. The molecular formula is C17H21BrN2O7. The van der Waals surface area contributed by atoms with E-state index in [2.05, 4.69) is 15.9 Å². The van der Waals surface area contributed by atoms with E-state index >= 15 is 0 Å². The molecular weight excluding hydrogens is 424 g/mol. The Morgan fingerprint density at radius 3 is 2.37 bits per heavy atom. The molecule has 0 spiro atoms. The molecule has 1 aliphatic rings. The highest BCUT2D eigenvalue weighted by atomic mass is 79.9. The summed E-state index contributed by atoms with van der Waals surface area (Å²) in [5.74, 6) is -1.19. The molecule has 1 aromatic rings. The van der Waals surface area contributed by atoms with E-state index in [1.54, 1.807) is 25.7 Å². The van der Waals surface area contributed by atoms with Gasteiger partial charge in [0.15, 0.2) is 0 Å². The van der Waals surface area contributed by atoms with E-state index in [9.17, 15) is 24.8 Å². The van der Waals surface area contributed by atoms with E-state index in [1.165, 1.54) is 0 Å². The highest BCUT2D eigenvalue weighted by Gasteiger charge is 2.29. The van der Waals surface area contributed by atoms with Gasteiger partial charge in [0.25, 0.3) is 5.69 Å². The monoisotopic (exact) mass is 444 g/mol. The van der Waals surface area contributed by atoms with Crippen molar-refractivity contribution < 1.29 is 29.1 Å².